The summed E-state index contributed by atoms with van der Waals surface area (Å²) < 4.78 is 12.4. The van der Waals surface area contributed by atoms with Gasteiger partial charge in [0.05, 0.1) is 19.3 Å². The SMILES string of the molecule is CCCOc1ccccc1[C@@H]1C(C(=O)OC)=C(C)Nc2nnnn21. The molecule has 0 aliphatic carbocycles. The number of esters is 1. The normalized spacial score (nSPS) is 16.4. The van der Waals surface area contributed by atoms with Crippen molar-refractivity contribution in [1.82, 2.24) is 20.2 Å². The van der Waals surface area contributed by atoms with Crippen LogP contribution in [0, 0.1) is 0 Å². The maximum atomic E-state index is 12.4. The van der Waals surface area contributed by atoms with E-state index in [-0.39, 0.29) is 0 Å². The van der Waals surface area contributed by atoms with E-state index in [0.717, 1.165) is 12.0 Å². The summed E-state index contributed by atoms with van der Waals surface area (Å²) in [5.41, 5.74) is 1.91. The molecule has 0 saturated carbocycles. The Balaban J connectivity index is 2.15. The molecule has 0 spiro atoms. The summed E-state index contributed by atoms with van der Waals surface area (Å²) in [7, 11) is 1.36. The zero-order valence-corrected chi connectivity index (χ0v) is 13.8. The highest BCUT2D eigenvalue weighted by Gasteiger charge is 2.36. The minimum atomic E-state index is -0.517. The van der Waals surface area contributed by atoms with Crippen LogP contribution >= 0.6 is 0 Å². The molecule has 1 N–H and O–H groups in total. The van der Waals surface area contributed by atoms with Crippen molar-refractivity contribution in [2.24, 2.45) is 0 Å². The van der Waals surface area contributed by atoms with Crippen molar-refractivity contribution in [1.29, 1.82) is 0 Å². The van der Waals surface area contributed by atoms with Gasteiger partial charge in [0.1, 0.15) is 11.8 Å². The monoisotopic (exact) mass is 329 g/mol. The predicted molar refractivity (Wildman–Crippen MR) is 86.5 cm³/mol. The third-order valence-corrected chi connectivity index (χ3v) is 3.79. The Labute approximate surface area is 139 Å². The van der Waals surface area contributed by atoms with Crippen LogP contribution in [-0.4, -0.2) is 39.9 Å². The third kappa shape index (κ3) is 2.70. The number of hydrogen-bond acceptors (Lipinski definition) is 7. The van der Waals surface area contributed by atoms with E-state index in [1.54, 1.807) is 11.6 Å². The van der Waals surface area contributed by atoms with Gasteiger partial charge in [-0.1, -0.05) is 30.2 Å². The van der Waals surface area contributed by atoms with Gasteiger partial charge in [-0.25, -0.2) is 4.79 Å². The van der Waals surface area contributed by atoms with Gasteiger partial charge >= 0.3 is 5.97 Å². The first kappa shape index (κ1) is 16.0. The highest BCUT2D eigenvalue weighted by atomic mass is 16.5. The smallest absolute Gasteiger partial charge is 0.338 e. The van der Waals surface area contributed by atoms with Gasteiger partial charge < -0.3 is 14.8 Å². The molecule has 8 heteroatoms. The van der Waals surface area contributed by atoms with Crippen molar-refractivity contribution >= 4 is 11.9 Å². The zero-order chi connectivity index (χ0) is 17.1. The van der Waals surface area contributed by atoms with Gasteiger partial charge in [0.2, 0.25) is 5.95 Å². The minimum absolute atomic E-state index is 0.434. The molecule has 1 aromatic heterocycles. The summed E-state index contributed by atoms with van der Waals surface area (Å²) in [6.45, 7) is 4.42. The van der Waals surface area contributed by atoms with Crippen LogP contribution < -0.4 is 10.1 Å². The van der Waals surface area contributed by atoms with Crippen molar-refractivity contribution in [3.05, 3.63) is 41.1 Å². The number of methoxy groups -OCH3 is 1. The van der Waals surface area contributed by atoms with Gasteiger partial charge in [0.25, 0.3) is 0 Å². The van der Waals surface area contributed by atoms with E-state index in [1.807, 2.05) is 31.2 Å². The van der Waals surface area contributed by atoms with E-state index in [0.29, 0.717) is 29.6 Å². The van der Waals surface area contributed by atoms with Crippen molar-refractivity contribution in [2.75, 3.05) is 19.0 Å². The van der Waals surface area contributed by atoms with E-state index < -0.39 is 12.0 Å². The zero-order valence-electron chi connectivity index (χ0n) is 13.8. The van der Waals surface area contributed by atoms with E-state index in [1.165, 1.54) is 7.11 Å². The average molecular weight is 329 g/mol. The molecule has 1 atom stereocenters. The number of aromatic nitrogens is 4. The second-order valence-corrected chi connectivity index (χ2v) is 5.39. The fraction of sp³-hybridized carbons (Fsp3) is 0.375. The molecule has 0 bridgehead atoms. The van der Waals surface area contributed by atoms with Gasteiger partial charge in [-0.2, -0.15) is 4.68 Å². The number of benzene rings is 1. The molecule has 2 aromatic rings. The lowest BCUT2D eigenvalue weighted by Gasteiger charge is -2.28. The summed E-state index contributed by atoms with van der Waals surface area (Å²) in [5, 5.41) is 14.7. The Morgan fingerprint density at radius 2 is 2.17 bits per heavy atom. The van der Waals surface area contributed by atoms with Gasteiger partial charge in [-0.05, 0) is 29.8 Å². The Morgan fingerprint density at radius 1 is 1.38 bits per heavy atom. The quantitative estimate of drug-likeness (QED) is 0.838. The molecular formula is C16H19N5O3. The van der Waals surface area contributed by atoms with Crippen LogP contribution in [0.3, 0.4) is 0 Å². The van der Waals surface area contributed by atoms with E-state index in [9.17, 15) is 4.79 Å². The number of carbonyl (C=O) groups is 1. The van der Waals surface area contributed by atoms with Crippen LogP contribution in [0.15, 0.2) is 35.5 Å². The number of allylic oxidation sites excluding steroid dienone is 1. The van der Waals surface area contributed by atoms with Crippen LogP contribution in [-0.2, 0) is 9.53 Å². The first-order chi connectivity index (χ1) is 11.7. The number of hydrogen-bond donors (Lipinski definition) is 1. The van der Waals surface area contributed by atoms with Gasteiger partial charge in [0.15, 0.2) is 0 Å². The molecule has 0 amide bonds. The summed E-state index contributed by atoms with van der Waals surface area (Å²) in [5.74, 6) is 0.730. The van der Waals surface area contributed by atoms with Crippen LogP contribution in [0.25, 0.3) is 0 Å². The lowest BCUT2D eigenvalue weighted by Crippen LogP contribution is -2.29. The van der Waals surface area contributed by atoms with Crippen LogP contribution in [0.2, 0.25) is 0 Å². The molecule has 3 rings (SSSR count). The molecule has 2 heterocycles. The highest BCUT2D eigenvalue weighted by Crippen LogP contribution is 2.38. The number of para-hydroxylation sites is 1. The topological polar surface area (TPSA) is 91.2 Å². The molecule has 0 saturated heterocycles. The van der Waals surface area contributed by atoms with Gasteiger partial charge in [-0.15, -0.1) is 0 Å². The molecule has 0 unspecified atom stereocenters. The molecule has 0 fully saturated rings. The standard InChI is InChI=1S/C16H19N5O3/c1-4-9-24-12-8-6-5-7-11(12)14-13(15(22)23-3)10(2)17-16-18-19-20-21(14)16/h5-8,14H,4,9H2,1-3H3,(H,17,18,20)/t14-/m1/s1. The lowest BCUT2D eigenvalue weighted by atomic mass is 9.95. The summed E-state index contributed by atoms with van der Waals surface area (Å²) in [6.07, 6.45) is 0.884. The Bertz CT molecular complexity index is 784. The highest BCUT2D eigenvalue weighted by molar-refractivity contribution is 5.92. The van der Waals surface area contributed by atoms with E-state index in [2.05, 4.69) is 20.8 Å². The maximum Gasteiger partial charge on any atom is 0.338 e. The number of rotatable bonds is 5. The minimum Gasteiger partial charge on any atom is -0.493 e. The number of tetrazole rings is 1. The first-order valence-electron chi connectivity index (χ1n) is 7.73. The van der Waals surface area contributed by atoms with Crippen LogP contribution in [0.1, 0.15) is 31.9 Å². The number of nitrogens with zero attached hydrogens (tertiary/aromatic N) is 4. The number of ether oxygens (including phenoxy) is 2. The number of nitrogens with one attached hydrogen (secondary N) is 1. The summed E-state index contributed by atoms with van der Waals surface area (Å²) >= 11 is 0. The Kier molecular flexibility index (Phi) is 4.45. The molecule has 8 nitrogen and oxygen atoms in total. The molecule has 0 radical (unpaired) electrons. The van der Waals surface area contributed by atoms with Crippen molar-refractivity contribution in [3.8, 4) is 5.75 Å². The summed E-state index contributed by atoms with van der Waals surface area (Å²) in [6, 6.07) is 7.05. The molecule has 126 valence electrons. The third-order valence-electron chi connectivity index (χ3n) is 3.79. The van der Waals surface area contributed by atoms with Crippen LogP contribution in [0.4, 0.5) is 5.95 Å². The molecule has 1 aromatic carbocycles. The first-order valence-corrected chi connectivity index (χ1v) is 7.73. The van der Waals surface area contributed by atoms with Crippen molar-refractivity contribution in [2.45, 2.75) is 26.3 Å². The number of carbonyl (C=O) groups excluding carboxylic acids is 1. The maximum absolute atomic E-state index is 12.4. The Hall–Kier alpha value is -2.90. The second kappa shape index (κ2) is 6.69. The van der Waals surface area contributed by atoms with Crippen molar-refractivity contribution < 1.29 is 14.3 Å². The molecule has 1 aliphatic heterocycles. The number of anilines is 1. The molecule has 1 aliphatic rings. The van der Waals surface area contributed by atoms with E-state index in [4.69, 9.17) is 9.47 Å². The largest absolute Gasteiger partial charge is 0.493 e. The fourth-order valence-electron chi connectivity index (χ4n) is 2.72. The van der Waals surface area contributed by atoms with Gasteiger partial charge in [-0.3, -0.25) is 0 Å². The van der Waals surface area contributed by atoms with Crippen molar-refractivity contribution in [3.63, 3.8) is 0 Å². The average Bonchev–Trinajstić information content (AvgIpc) is 3.06. The summed E-state index contributed by atoms with van der Waals surface area (Å²) in [4.78, 5) is 12.4. The predicted octanol–water partition coefficient (Wildman–Crippen LogP) is 1.92. The molecular weight excluding hydrogens is 310 g/mol. The number of fused-ring (bicyclic) bond motifs is 1. The molecule has 24 heavy (non-hydrogen) atoms. The van der Waals surface area contributed by atoms with E-state index >= 15 is 0 Å². The second-order valence-electron chi connectivity index (χ2n) is 5.39. The van der Waals surface area contributed by atoms with Gasteiger partial charge in [0, 0.05) is 11.3 Å². The lowest BCUT2D eigenvalue weighted by molar-refractivity contribution is -0.136. The van der Waals surface area contributed by atoms with Crippen LogP contribution in [0.5, 0.6) is 5.75 Å². The Morgan fingerprint density at radius 3 is 2.92 bits per heavy atom. The fourth-order valence-corrected chi connectivity index (χ4v) is 2.72.